The molecule has 0 spiro atoms. The van der Waals surface area contributed by atoms with Crippen LogP contribution >= 0.6 is 0 Å². The molecule has 5 nitrogen and oxygen atoms in total. The van der Waals surface area contributed by atoms with E-state index in [1.54, 1.807) is 6.92 Å². The van der Waals surface area contributed by atoms with E-state index in [1.807, 2.05) is 49.4 Å². The average Bonchev–Trinajstić information content (AvgIpc) is 2.97. The van der Waals surface area contributed by atoms with E-state index >= 15 is 0 Å². The molecular formula is C23H25NO4. The first-order valence-corrected chi connectivity index (χ1v) is 9.30. The van der Waals surface area contributed by atoms with E-state index in [-0.39, 0.29) is 18.4 Å². The number of nitrogens with zero attached hydrogens (tertiary/aromatic N) is 1. The molecule has 0 aliphatic carbocycles. The van der Waals surface area contributed by atoms with E-state index in [2.05, 4.69) is 13.8 Å². The van der Waals surface area contributed by atoms with E-state index in [0.717, 1.165) is 11.1 Å². The lowest BCUT2D eigenvalue weighted by molar-refractivity contribution is 0.0602. The number of carbonyl (C=O) groups excluding carboxylic acids is 2. The molecule has 0 aliphatic rings. The van der Waals surface area contributed by atoms with Crippen LogP contribution in [0.25, 0.3) is 10.9 Å². The fourth-order valence-corrected chi connectivity index (χ4v) is 3.50. The van der Waals surface area contributed by atoms with Crippen LogP contribution in [-0.2, 0) is 4.74 Å². The SMILES string of the molecule is COC(=O)c1c(C)n(C(=O)COc2cc(C)ccc2C(C)C)c2ccccc12. The second-order valence-electron chi connectivity index (χ2n) is 7.18. The third kappa shape index (κ3) is 3.52. The third-order valence-electron chi connectivity index (χ3n) is 4.89. The van der Waals surface area contributed by atoms with Gasteiger partial charge < -0.3 is 9.47 Å². The number of benzene rings is 2. The van der Waals surface area contributed by atoms with Crippen LogP contribution in [0, 0.1) is 13.8 Å². The van der Waals surface area contributed by atoms with Crippen molar-refractivity contribution >= 4 is 22.8 Å². The monoisotopic (exact) mass is 379 g/mol. The van der Waals surface area contributed by atoms with E-state index in [1.165, 1.54) is 11.7 Å². The van der Waals surface area contributed by atoms with Crippen LogP contribution in [-0.4, -0.2) is 30.2 Å². The number of aryl methyl sites for hydroxylation is 1. The Morgan fingerprint density at radius 2 is 1.79 bits per heavy atom. The topological polar surface area (TPSA) is 57.5 Å². The van der Waals surface area contributed by atoms with E-state index < -0.39 is 5.97 Å². The number of aromatic nitrogens is 1. The number of hydrogen-bond acceptors (Lipinski definition) is 4. The molecule has 0 atom stereocenters. The molecule has 0 bridgehead atoms. The predicted molar refractivity (Wildman–Crippen MR) is 109 cm³/mol. The first-order chi connectivity index (χ1) is 13.3. The maximum Gasteiger partial charge on any atom is 0.340 e. The largest absolute Gasteiger partial charge is 0.483 e. The van der Waals surface area contributed by atoms with Gasteiger partial charge in [0.1, 0.15) is 5.75 Å². The van der Waals surface area contributed by atoms with Crippen molar-refractivity contribution in [3.8, 4) is 5.75 Å². The number of rotatable bonds is 5. The van der Waals surface area contributed by atoms with Crippen molar-refractivity contribution in [3.05, 3.63) is 64.8 Å². The van der Waals surface area contributed by atoms with Crippen LogP contribution < -0.4 is 4.74 Å². The predicted octanol–water partition coefficient (Wildman–Crippen LogP) is 4.89. The highest BCUT2D eigenvalue weighted by Crippen LogP contribution is 2.29. The molecule has 28 heavy (non-hydrogen) atoms. The van der Waals surface area contributed by atoms with Gasteiger partial charge in [-0.1, -0.05) is 44.2 Å². The molecule has 3 aromatic rings. The van der Waals surface area contributed by atoms with Crippen molar-refractivity contribution in [2.75, 3.05) is 13.7 Å². The van der Waals surface area contributed by atoms with Gasteiger partial charge in [0.05, 0.1) is 18.2 Å². The summed E-state index contributed by atoms with van der Waals surface area (Å²) >= 11 is 0. The van der Waals surface area contributed by atoms with Crippen LogP contribution in [0.15, 0.2) is 42.5 Å². The van der Waals surface area contributed by atoms with Crippen molar-refractivity contribution in [2.24, 2.45) is 0 Å². The van der Waals surface area contributed by atoms with Gasteiger partial charge in [-0.05, 0) is 43.0 Å². The molecule has 0 saturated carbocycles. The van der Waals surface area contributed by atoms with Gasteiger partial charge in [0.2, 0.25) is 0 Å². The minimum absolute atomic E-state index is 0.122. The van der Waals surface area contributed by atoms with E-state index in [9.17, 15) is 9.59 Å². The Morgan fingerprint density at radius 3 is 2.46 bits per heavy atom. The van der Waals surface area contributed by atoms with Gasteiger partial charge in [0.25, 0.3) is 5.91 Å². The maximum absolute atomic E-state index is 13.0. The van der Waals surface area contributed by atoms with Crippen molar-refractivity contribution < 1.29 is 19.1 Å². The molecule has 1 heterocycles. The molecule has 0 fully saturated rings. The van der Waals surface area contributed by atoms with Crippen LogP contribution in [0.4, 0.5) is 0 Å². The standard InChI is InChI=1S/C23H25NO4/c1-14(2)17-11-10-15(3)12-20(17)28-13-21(25)24-16(4)22(23(26)27-5)18-8-6-7-9-19(18)24/h6-12,14H,13H2,1-5H3. The summed E-state index contributed by atoms with van der Waals surface area (Å²) in [6.45, 7) is 7.79. The summed E-state index contributed by atoms with van der Waals surface area (Å²) in [5.41, 5.74) is 3.76. The summed E-state index contributed by atoms with van der Waals surface area (Å²) in [4.78, 5) is 25.3. The Morgan fingerprint density at radius 1 is 1.07 bits per heavy atom. The molecule has 0 unspecified atom stereocenters. The summed E-state index contributed by atoms with van der Waals surface area (Å²) in [5.74, 6) is 0.304. The van der Waals surface area contributed by atoms with Gasteiger partial charge in [0.15, 0.2) is 6.61 Å². The lowest BCUT2D eigenvalue weighted by Crippen LogP contribution is -2.21. The molecule has 0 saturated heterocycles. The van der Waals surface area contributed by atoms with Crippen LogP contribution in [0.3, 0.4) is 0 Å². The summed E-state index contributed by atoms with van der Waals surface area (Å²) in [6.07, 6.45) is 0. The van der Waals surface area contributed by atoms with Gasteiger partial charge in [-0.15, -0.1) is 0 Å². The third-order valence-corrected chi connectivity index (χ3v) is 4.89. The zero-order valence-electron chi connectivity index (χ0n) is 16.9. The fourth-order valence-electron chi connectivity index (χ4n) is 3.50. The second kappa shape index (κ2) is 7.89. The first kappa shape index (κ1) is 19.7. The number of para-hydroxylation sites is 1. The summed E-state index contributed by atoms with van der Waals surface area (Å²) in [5, 5.41) is 0.693. The average molecular weight is 379 g/mol. The number of hydrogen-bond donors (Lipinski definition) is 0. The highest BCUT2D eigenvalue weighted by Gasteiger charge is 2.23. The van der Waals surface area contributed by atoms with Crippen LogP contribution in [0.1, 0.15) is 51.7 Å². The first-order valence-electron chi connectivity index (χ1n) is 9.30. The molecule has 2 aromatic carbocycles. The summed E-state index contributed by atoms with van der Waals surface area (Å²) in [7, 11) is 1.34. The highest BCUT2D eigenvalue weighted by molar-refractivity contribution is 6.09. The second-order valence-corrected chi connectivity index (χ2v) is 7.18. The maximum atomic E-state index is 13.0. The lowest BCUT2D eigenvalue weighted by atomic mass is 10.0. The molecule has 0 aliphatic heterocycles. The zero-order valence-corrected chi connectivity index (χ0v) is 16.9. The van der Waals surface area contributed by atoms with Crippen molar-refractivity contribution in [3.63, 3.8) is 0 Å². The minimum atomic E-state index is -0.457. The number of fused-ring (bicyclic) bond motifs is 1. The lowest BCUT2D eigenvalue weighted by Gasteiger charge is -2.15. The Bertz CT molecular complexity index is 1050. The Kier molecular flexibility index (Phi) is 5.54. The number of ether oxygens (including phenoxy) is 2. The number of methoxy groups -OCH3 is 1. The van der Waals surface area contributed by atoms with Gasteiger partial charge in [-0.25, -0.2) is 4.79 Å². The normalized spacial score (nSPS) is 11.1. The van der Waals surface area contributed by atoms with Gasteiger partial charge in [0, 0.05) is 11.1 Å². The molecule has 1 aromatic heterocycles. The molecule has 0 radical (unpaired) electrons. The summed E-state index contributed by atoms with van der Waals surface area (Å²) in [6, 6.07) is 13.3. The number of carbonyl (C=O) groups is 2. The molecule has 146 valence electrons. The fraction of sp³-hybridized carbons (Fsp3) is 0.304. The molecule has 5 heteroatoms. The van der Waals surface area contributed by atoms with Gasteiger partial charge in [-0.2, -0.15) is 0 Å². The highest BCUT2D eigenvalue weighted by atomic mass is 16.5. The number of esters is 1. The zero-order chi connectivity index (χ0) is 20.4. The Balaban J connectivity index is 1.97. The van der Waals surface area contributed by atoms with Crippen LogP contribution in [0.5, 0.6) is 5.75 Å². The van der Waals surface area contributed by atoms with Crippen molar-refractivity contribution in [1.82, 2.24) is 4.57 Å². The Hall–Kier alpha value is -3.08. The Labute approximate surface area is 164 Å². The van der Waals surface area contributed by atoms with Crippen molar-refractivity contribution in [1.29, 1.82) is 0 Å². The van der Waals surface area contributed by atoms with E-state index in [4.69, 9.17) is 9.47 Å². The molecule has 3 rings (SSSR count). The van der Waals surface area contributed by atoms with Gasteiger partial charge >= 0.3 is 5.97 Å². The summed E-state index contributed by atoms with van der Waals surface area (Å²) < 4.78 is 12.4. The minimum Gasteiger partial charge on any atom is -0.483 e. The smallest absolute Gasteiger partial charge is 0.340 e. The molecular weight excluding hydrogens is 354 g/mol. The quantitative estimate of drug-likeness (QED) is 0.593. The van der Waals surface area contributed by atoms with Crippen molar-refractivity contribution in [2.45, 2.75) is 33.6 Å². The van der Waals surface area contributed by atoms with Crippen LogP contribution in [0.2, 0.25) is 0 Å². The van der Waals surface area contributed by atoms with E-state index in [0.29, 0.717) is 27.9 Å². The van der Waals surface area contributed by atoms with Gasteiger partial charge in [-0.3, -0.25) is 9.36 Å². The molecule has 0 N–H and O–H groups in total. The molecule has 0 amide bonds.